The molecule has 0 atom stereocenters. The van der Waals surface area contributed by atoms with Crippen molar-refractivity contribution < 1.29 is 9.53 Å². The summed E-state index contributed by atoms with van der Waals surface area (Å²) < 4.78 is 6.58. The molecule has 2 aromatic rings. The lowest BCUT2D eigenvalue weighted by Gasteiger charge is -2.18. The number of esters is 1. The van der Waals surface area contributed by atoms with E-state index < -0.39 is 11.6 Å². The number of pyridine rings is 1. The highest BCUT2D eigenvalue weighted by molar-refractivity contribution is 5.88. The zero-order valence-electron chi connectivity index (χ0n) is 9.98. The molecule has 0 aromatic carbocycles. The second kappa shape index (κ2) is 3.76. The minimum atomic E-state index is -0.556. The van der Waals surface area contributed by atoms with Crippen LogP contribution in [0.3, 0.4) is 0 Å². The van der Waals surface area contributed by atoms with Crippen LogP contribution in [0.25, 0.3) is 5.65 Å². The van der Waals surface area contributed by atoms with E-state index in [0.717, 1.165) is 0 Å². The van der Waals surface area contributed by atoms with E-state index in [1.165, 1.54) is 16.7 Å². The third-order valence-corrected chi connectivity index (χ3v) is 2.13. The molecule has 0 amide bonds. The fraction of sp³-hybridized carbons (Fsp3) is 0.333. The van der Waals surface area contributed by atoms with E-state index in [4.69, 9.17) is 4.74 Å². The van der Waals surface area contributed by atoms with Crippen LogP contribution in [-0.4, -0.2) is 21.0 Å². The highest BCUT2D eigenvalue weighted by Crippen LogP contribution is 2.11. The SMILES string of the molecule is CC(C)(C)OC(=O)c1cn2c(=O)cccc2[nH]1. The minimum Gasteiger partial charge on any atom is -0.455 e. The number of rotatable bonds is 1. The molecular weight excluding hydrogens is 220 g/mol. The number of carbonyl (C=O) groups is 1. The lowest BCUT2D eigenvalue weighted by atomic mass is 10.2. The summed E-state index contributed by atoms with van der Waals surface area (Å²) in [6.07, 6.45) is 1.45. The normalized spacial score (nSPS) is 11.7. The standard InChI is InChI=1S/C12H14N2O3/c1-12(2,3)17-11(16)8-7-14-9(13-8)5-4-6-10(14)15/h4-7,13H,1-3H3. The third kappa shape index (κ3) is 2.38. The molecule has 5 nitrogen and oxygen atoms in total. The molecule has 0 saturated heterocycles. The number of imidazole rings is 1. The van der Waals surface area contributed by atoms with Crippen molar-refractivity contribution in [3.05, 3.63) is 40.4 Å². The van der Waals surface area contributed by atoms with Gasteiger partial charge in [-0.15, -0.1) is 0 Å². The van der Waals surface area contributed by atoms with Gasteiger partial charge in [-0.2, -0.15) is 0 Å². The number of nitrogens with one attached hydrogen (secondary N) is 1. The van der Waals surface area contributed by atoms with Gasteiger partial charge in [-0.05, 0) is 26.8 Å². The molecule has 0 saturated carbocycles. The molecule has 0 spiro atoms. The molecular formula is C12H14N2O3. The Morgan fingerprint density at radius 3 is 2.65 bits per heavy atom. The Morgan fingerprint density at radius 2 is 2.06 bits per heavy atom. The summed E-state index contributed by atoms with van der Waals surface area (Å²) in [5.41, 5.74) is 0.0921. The molecule has 5 heteroatoms. The molecule has 0 aliphatic heterocycles. The van der Waals surface area contributed by atoms with Gasteiger partial charge < -0.3 is 9.72 Å². The van der Waals surface area contributed by atoms with Crippen LogP contribution in [0.15, 0.2) is 29.2 Å². The number of aromatic amines is 1. The molecule has 17 heavy (non-hydrogen) atoms. The first-order valence-electron chi connectivity index (χ1n) is 5.30. The van der Waals surface area contributed by atoms with Gasteiger partial charge in [-0.3, -0.25) is 9.20 Å². The first kappa shape index (κ1) is 11.4. The van der Waals surface area contributed by atoms with Crippen LogP contribution >= 0.6 is 0 Å². The van der Waals surface area contributed by atoms with Crippen molar-refractivity contribution in [2.45, 2.75) is 26.4 Å². The summed E-state index contributed by atoms with van der Waals surface area (Å²) in [4.78, 5) is 26.1. The average molecular weight is 234 g/mol. The summed E-state index contributed by atoms with van der Waals surface area (Å²) in [6.45, 7) is 5.37. The smallest absolute Gasteiger partial charge is 0.356 e. The van der Waals surface area contributed by atoms with Crippen molar-refractivity contribution in [1.82, 2.24) is 9.38 Å². The van der Waals surface area contributed by atoms with Gasteiger partial charge in [-0.25, -0.2) is 4.79 Å². The van der Waals surface area contributed by atoms with Crippen LogP contribution in [0.1, 0.15) is 31.3 Å². The number of ether oxygens (including phenoxy) is 1. The summed E-state index contributed by atoms with van der Waals surface area (Å²) >= 11 is 0. The number of hydrogen-bond donors (Lipinski definition) is 1. The van der Waals surface area contributed by atoms with Gasteiger partial charge in [0.2, 0.25) is 0 Å². The molecule has 90 valence electrons. The number of fused-ring (bicyclic) bond motifs is 1. The predicted molar refractivity (Wildman–Crippen MR) is 63.2 cm³/mol. The second-order valence-corrected chi connectivity index (χ2v) is 4.79. The number of hydrogen-bond acceptors (Lipinski definition) is 3. The van der Waals surface area contributed by atoms with E-state index >= 15 is 0 Å². The van der Waals surface area contributed by atoms with Gasteiger partial charge >= 0.3 is 5.97 Å². The second-order valence-electron chi connectivity index (χ2n) is 4.79. The summed E-state index contributed by atoms with van der Waals surface area (Å²) in [6, 6.07) is 4.78. The first-order chi connectivity index (χ1) is 7.87. The van der Waals surface area contributed by atoms with E-state index in [0.29, 0.717) is 5.65 Å². The van der Waals surface area contributed by atoms with Crippen LogP contribution in [-0.2, 0) is 4.74 Å². The Kier molecular flexibility index (Phi) is 2.53. The lowest BCUT2D eigenvalue weighted by Crippen LogP contribution is -2.24. The Labute approximate surface area is 98.0 Å². The van der Waals surface area contributed by atoms with Crippen molar-refractivity contribution in [3.8, 4) is 0 Å². The fourth-order valence-corrected chi connectivity index (χ4v) is 1.47. The van der Waals surface area contributed by atoms with Gasteiger partial charge in [0.25, 0.3) is 5.56 Å². The molecule has 0 fully saturated rings. The number of H-pyrrole nitrogens is 1. The molecule has 2 aromatic heterocycles. The van der Waals surface area contributed by atoms with Crippen LogP contribution in [0.5, 0.6) is 0 Å². The summed E-state index contributed by atoms with van der Waals surface area (Å²) in [7, 11) is 0. The lowest BCUT2D eigenvalue weighted by molar-refractivity contribution is 0.00636. The van der Waals surface area contributed by atoms with E-state index in [1.807, 2.05) is 0 Å². The van der Waals surface area contributed by atoms with Crippen LogP contribution < -0.4 is 5.56 Å². The molecule has 2 heterocycles. The first-order valence-corrected chi connectivity index (χ1v) is 5.30. The maximum absolute atomic E-state index is 11.8. The maximum atomic E-state index is 11.8. The largest absolute Gasteiger partial charge is 0.455 e. The van der Waals surface area contributed by atoms with Crippen molar-refractivity contribution in [1.29, 1.82) is 0 Å². The topological polar surface area (TPSA) is 63.6 Å². The quantitative estimate of drug-likeness (QED) is 0.762. The maximum Gasteiger partial charge on any atom is 0.356 e. The Bertz CT molecular complexity index is 616. The number of nitrogens with zero attached hydrogens (tertiary/aromatic N) is 1. The van der Waals surface area contributed by atoms with Gasteiger partial charge in [0.05, 0.1) is 0 Å². The van der Waals surface area contributed by atoms with E-state index in [1.54, 1.807) is 32.9 Å². The number of carbonyl (C=O) groups excluding carboxylic acids is 1. The Morgan fingerprint density at radius 1 is 1.35 bits per heavy atom. The van der Waals surface area contributed by atoms with Crippen molar-refractivity contribution >= 4 is 11.6 Å². The molecule has 0 radical (unpaired) electrons. The van der Waals surface area contributed by atoms with E-state index in [9.17, 15) is 9.59 Å². The zero-order chi connectivity index (χ0) is 12.6. The highest BCUT2D eigenvalue weighted by atomic mass is 16.6. The molecule has 2 rings (SSSR count). The molecule has 0 unspecified atom stereocenters. The molecule has 0 aliphatic rings. The minimum absolute atomic E-state index is 0.187. The summed E-state index contributed by atoms with van der Waals surface area (Å²) in [5.74, 6) is -0.472. The molecule has 0 bridgehead atoms. The van der Waals surface area contributed by atoms with Crippen molar-refractivity contribution in [3.63, 3.8) is 0 Å². The predicted octanol–water partition coefficient (Wildman–Crippen LogP) is 1.58. The molecule has 1 N–H and O–H groups in total. The van der Waals surface area contributed by atoms with Crippen molar-refractivity contribution in [2.75, 3.05) is 0 Å². The highest BCUT2D eigenvalue weighted by Gasteiger charge is 2.19. The zero-order valence-corrected chi connectivity index (χ0v) is 9.98. The van der Waals surface area contributed by atoms with Gasteiger partial charge in [-0.1, -0.05) is 6.07 Å². The van der Waals surface area contributed by atoms with Gasteiger partial charge in [0.15, 0.2) is 0 Å². The van der Waals surface area contributed by atoms with E-state index in [2.05, 4.69) is 4.98 Å². The Balaban J connectivity index is 2.41. The number of aromatic nitrogens is 2. The van der Waals surface area contributed by atoms with Crippen LogP contribution in [0.2, 0.25) is 0 Å². The summed E-state index contributed by atoms with van der Waals surface area (Å²) in [5, 5.41) is 0. The molecule has 0 aliphatic carbocycles. The average Bonchev–Trinajstić information content (AvgIpc) is 2.60. The van der Waals surface area contributed by atoms with Crippen LogP contribution in [0, 0.1) is 0 Å². The third-order valence-electron chi connectivity index (χ3n) is 2.13. The monoisotopic (exact) mass is 234 g/mol. The van der Waals surface area contributed by atoms with Crippen molar-refractivity contribution in [2.24, 2.45) is 0 Å². The fourth-order valence-electron chi connectivity index (χ4n) is 1.47. The Hall–Kier alpha value is -2.04. The van der Waals surface area contributed by atoms with Crippen LogP contribution in [0.4, 0.5) is 0 Å². The van der Waals surface area contributed by atoms with E-state index in [-0.39, 0.29) is 11.3 Å². The van der Waals surface area contributed by atoms with Gasteiger partial charge in [0, 0.05) is 12.3 Å². The van der Waals surface area contributed by atoms with Gasteiger partial charge in [0.1, 0.15) is 16.9 Å².